The Balaban J connectivity index is 2.36. The van der Waals surface area contributed by atoms with Crippen molar-refractivity contribution in [2.45, 2.75) is 17.8 Å². The number of anilines is 1. The third kappa shape index (κ3) is 2.90. The number of nitrogens with one attached hydrogen (secondary N) is 1. The summed E-state index contributed by atoms with van der Waals surface area (Å²) in [5.41, 5.74) is 1.20. The summed E-state index contributed by atoms with van der Waals surface area (Å²) in [4.78, 5) is 4.01. The lowest BCUT2D eigenvalue weighted by atomic mass is 10.2. The van der Waals surface area contributed by atoms with Crippen LogP contribution < -0.4 is 4.72 Å². The Morgan fingerprint density at radius 3 is 2.63 bits per heavy atom. The third-order valence-electron chi connectivity index (χ3n) is 2.77. The number of rotatable bonds is 4. The standard InChI is InChI=1S/C12H14ClN3O2S/c1-9-14-12(8-16(9)2)19(17,18)15-11-6-4-3-5-10(11)7-13/h3-6,8,15H,7H2,1-2H3. The van der Waals surface area contributed by atoms with Crippen LogP contribution in [0.4, 0.5) is 5.69 Å². The molecule has 0 saturated carbocycles. The molecule has 0 amide bonds. The molecule has 0 unspecified atom stereocenters. The molecule has 0 aliphatic rings. The normalized spacial score (nSPS) is 11.5. The molecule has 19 heavy (non-hydrogen) atoms. The van der Waals surface area contributed by atoms with Gasteiger partial charge in [0.25, 0.3) is 10.0 Å². The number of hydrogen-bond donors (Lipinski definition) is 1. The van der Waals surface area contributed by atoms with Crippen molar-refractivity contribution in [3.05, 3.63) is 41.9 Å². The largest absolute Gasteiger partial charge is 0.337 e. The highest BCUT2D eigenvalue weighted by Gasteiger charge is 2.19. The average molecular weight is 300 g/mol. The minimum atomic E-state index is -3.69. The quantitative estimate of drug-likeness (QED) is 0.881. The van der Waals surface area contributed by atoms with Crippen molar-refractivity contribution in [1.29, 1.82) is 0 Å². The molecule has 5 nitrogen and oxygen atoms in total. The first-order valence-corrected chi connectivity index (χ1v) is 7.62. The second-order valence-electron chi connectivity index (χ2n) is 4.13. The zero-order valence-electron chi connectivity index (χ0n) is 10.6. The first-order chi connectivity index (χ1) is 8.94. The minimum Gasteiger partial charge on any atom is -0.337 e. The van der Waals surface area contributed by atoms with E-state index in [1.807, 2.05) is 0 Å². The van der Waals surface area contributed by atoms with Crippen molar-refractivity contribution >= 4 is 27.3 Å². The van der Waals surface area contributed by atoms with Gasteiger partial charge in [0.2, 0.25) is 0 Å². The molecule has 1 aromatic carbocycles. The molecule has 102 valence electrons. The molecule has 2 aromatic rings. The smallest absolute Gasteiger partial charge is 0.280 e. The molecule has 0 aliphatic carbocycles. The van der Waals surface area contributed by atoms with Gasteiger partial charge in [-0.25, -0.2) is 4.98 Å². The van der Waals surface area contributed by atoms with E-state index in [1.54, 1.807) is 42.8 Å². The van der Waals surface area contributed by atoms with Crippen molar-refractivity contribution < 1.29 is 8.42 Å². The number of para-hydroxylation sites is 1. The molecule has 2 rings (SSSR count). The maximum absolute atomic E-state index is 12.2. The van der Waals surface area contributed by atoms with Crippen molar-refractivity contribution in [1.82, 2.24) is 9.55 Å². The molecule has 0 atom stereocenters. The zero-order valence-corrected chi connectivity index (χ0v) is 12.2. The number of aryl methyl sites for hydroxylation is 2. The fraction of sp³-hybridized carbons (Fsp3) is 0.250. The Morgan fingerprint density at radius 2 is 2.05 bits per heavy atom. The molecule has 1 N–H and O–H groups in total. The van der Waals surface area contributed by atoms with Gasteiger partial charge in [-0.1, -0.05) is 18.2 Å². The van der Waals surface area contributed by atoms with Crippen LogP contribution in [0.2, 0.25) is 0 Å². The van der Waals surface area contributed by atoms with Gasteiger partial charge in [-0.3, -0.25) is 4.72 Å². The van der Waals surface area contributed by atoms with Crippen LogP contribution in [0.5, 0.6) is 0 Å². The molecule has 0 spiro atoms. The van der Waals surface area contributed by atoms with E-state index in [-0.39, 0.29) is 10.9 Å². The van der Waals surface area contributed by atoms with E-state index in [0.717, 1.165) is 5.56 Å². The number of alkyl halides is 1. The summed E-state index contributed by atoms with van der Waals surface area (Å²) in [7, 11) is -1.94. The summed E-state index contributed by atoms with van der Waals surface area (Å²) in [5.74, 6) is 0.867. The third-order valence-corrected chi connectivity index (χ3v) is 4.29. The van der Waals surface area contributed by atoms with E-state index in [2.05, 4.69) is 9.71 Å². The number of benzene rings is 1. The van der Waals surface area contributed by atoms with Gasteiger partial charge >= 0.3 is 0 Å². The van der Waals surface area contributed by atoms with Gasteiger partial charge in [-0.05, 0) is 18.6 Å². The van der Waals surface area contributed by atoms with Gasteiger partial charge in [0.15, 0.2) is 5.03 Å². The fourth-order valence-corrected chi connectivity index (χ4v) is 2.96. The molecule has 0 bridgehead atoms. The summed E-state index contributed by atoms with van der Waals surface area (Å²) >= 11 is 5.78. The lowest BCUT2D eigenvalue weighted by Gasteiger charge is -2.09. The number of halogens is 1. The zero-order chi connectivity index (χ0) is 14.0. The number of hydrogen-bond acceptors (Lipinski definition) is 3. The lowest BCUT2D eigenvalue weighted by molar-refractivity contribution is 0.598. The van der Waals surface area contributed by atoms with Crippen LogP contribution in [0.1, 0.15) is 11.4 Å². The van der Waals surface area contributed by atoms with Crippen LogP contribution in [0.25, 0.3) is 0 Å². The Morgan fingerprint density at radius 1 is 1.37 bits per heavy atom. The number of imidazole rings is 1. The van der Waals surface area contributed by atoms with E-state index in [4.69, 9.17) is 11.6 Å². The SMILES string of the molecule is Cc1nc(S(=O)(=O)Nc2ccccc2CCl)cn1C. The topological polar surface area (TPSA) is 64.0 Å². The van der Waals surface area contributed by atoms with Gasteiger partial charge in [0.1, 0.15) is 5.82 Å². The van der Waals surface area contributed by atoms with E-state index < -0.39 is 10.0 Å². The number of sulfonamides is 1. The maximum atomic E-state index is 12.2. The van der Waals surface area contributed by atoms with E-state index >= 15 is 0 Å². The van der Waals surface area contributed by atoms with Gasteiger partial charge in [0.05, 0.1) is 5.69 Å². The Hall–Kier alpha value is -1.53. The second-order valence-corrected chi connectivity index (χ2v) is 6.03. The Bertz CT molecular complexity index is 675. The van der Waals surface area contributed by atoms with Gasteiger partial charge in [-0.15, -0.1) is 11.6 Å². The number of aromatic nitrogens is 2. The highest BCUT2D eigenvalue weighted by Crippen LogP contribution is 2.21. The summed E-state index contributed by atoms with van der Waals surface area (Å²) in [6, 6.07) is 7.00. The lowest BCUT2D eigenvalue weighted by Crippen LogP contribution is -2.14. The van der Waals surface area contributed by atoms with Crippen LogP contribution in [-0.2, 0) is 23.0 Å². The van der Waals surface area contributed by atoms with Crippen LogP contribution in [0.15, 0.2) is 35.5 Å². The van der Waals surface area contributed by atoms with Crippen molar-refractivity contribution in [2.75, 3.05) is 4.72 Å². The molecular weight excluding hydrogens is 286 g/mol. The van der Waals surface area contributed by atoms with Crippen LogP contribution in [0.3, 0.4) is 0 Å². The van der Waals surface area contributed by atoms with Crippen molar-refractivity contribution in [2.24, 2.45) is 7.05 Å². The van der Waals surface area contributed by atoms with E-state index in [1.165, 1.54) is 6.20 Å². The second kappa shape index (κ2) is 5.22. The van der Waals surface area contributed by atoms with Crippen LogP contribution >= 0.6 is 11.6 Å². The average Bonchev–Trinajstić information content (AvgIpc) is 2.71. The predicted octanol–water partition coefficient (Wildman–Crippen LogP) is 2.27. The molecule has 1 heterocycles. The molecule has 1 aromatic heterocycles. The van der Waals surface area contributed by atoms with Crippen LogP contribution in [0, 0.1) is 6.92 Å². The molecule has 0 radical (unpaired) electrons. The van der Waals surface area contributed by atoms with Gasteiger partial charge in [0, 0.05) is 19.1 Å². The minimum absolute atomic E-state index is 0.00289. The molecule has 0 saturated heterocycles. The number of nitrogens with zero attached hydrogens (tertiary/aromatic N) is 2. The summed E-state index contributed by atoms with van der Waals surface area (Å²) in [5, 5.41) is -0.00289. The van der Waals surface area contributed by atoms with Crippen LogP contribution in [-0.4, -0.2) is 18.0 Å². The Labute approximate surface area is 117 Å². The summed E-state index contributed by atoms with van der Waals surface area (Å²) in [6.07, 6.45) is 1.47. The van der Waals surface area contributed by atoms with Crippen molar-refractivity contribution in [3.63, 3.8) is 0 Å². The first kappa shape index (κ1) is 13.9. The first-order valence-electron chi connectivity index (χ1n) is 5.60. The highest BCUT2D eigenvalue weighted by atomic mass is 35.5. The monoisotopic (exact) mass is 299 g/mol. The maximum Gasteiger partial charge on any atom is 0.280 e. The summed E-state index contributed by atoms with van der Waals surface area (Å²) < 4.78 is 28.6. The van der Waals surface area contributed by atoms with Gasteiger partial charge < -0.3 is 4.57 Å². The molecule has 7 heteroatoms. The Kier molecular flexibility index (Phi) is 3.82. The highest BCUT2D eigenvalue weighted by molar-refractivity contribution is 7.92. The molecular formula is C12H14ClN3O2S. The van der Waals surface area contributed by atoms with Gasteiger partial charge in [-0.2, -0.15) is 8.42 Å². The molecule has 0 fully saturated rings. The predicted molar refractivity (Wildman–Crippen MR) is 74.8 cm³/mol. The van der Waals surface area contributed by atoms with E-state index in [0.29, 0.717) is 11.5 Å². The molecule has 0 aliphatic heterocycles. The van der Waals surface area contributed by atoms with E-state index in [9.17, 15) is 8.42 Å². The van der Waals surface area contributed by atoms with Crippen molar-refractivity contribution in [3.8, 4) is 0 Å². The summed E-state index contributed by atoms with van der Waals surface area (Å²) in [6.45, 7) is 1.74. The fourth-order valence-electron chi connectivity index (χ4n) is 1.59.